The van der Waals surface area contributed by atoms with Crippen LogP contribution in [-0.2, 0) is 6.42 Å². The second-order valence-corrected chi connectivity index (χ2v) is 5.23. The van der Waals surface area contributed by atoms with Gasteiger partial charge in [0.1, 0.15) is 0 Å². The van der Waals surface area contributed by atoms with Crippen molar-refractivity contribution in [2.75, 3.05) is 5.73 Å². The van der Waals surface area contributed by atoms with E-state index in [9.17, 15) is 4.79 Å². The molecule has 0 bridgehead atoms. The highest BCUT2D eigenvalue weighted by Gasteiger charge is 2.11. The van der Waals surface area contributed by atoms with Crippen LogP contribution in [0.5, 0.6) is 0 Å². The summed E-state index contributed by atoms with van der Waals surface area (Å²) in [6, 6.07) is 14.6. The van der Waals surface area contributed by atoms with E-state index in [1.165, 1.54) is 0 Å². The summed E-state index contributed by atoms with van der Waals surface area (Å²) in [4.78, 5) is 16.7. The molecular weight excluding hydrogens is 284 g/mol. The van der Waals surface area contributed by atoms with Crippen LogP contribution in [0.25, 0.3) is 10.9 Å². The summed E-state index contributed by atoms with van der Waals surface area (Å²) in [7, 11) is 0. The number of nitrogen functional groups attached to an aromatic ring is 1. The minimum atomic E-state index is 0.00764. The second kappa shape index (κ2) is 5.54. The molecule has 3 rings (SSSR count). The van der Waals surface area contributed by atoms with Gasteiger partial charge in [0.2, 0.25) is 0 Å². The number of halogens is 1. The molecule has 0 atom stereocenters. The fraction of sp³-hybridized carbons (Fsp3) is 0.0588. The standard InChI is InChI=1S/C17H13ClN2O/c18-14-9-12(5-6-15(14)19)17(21)10-11-7-8-20-16-4-2-1-3-13(11)16/h1-9H,10,19H2. The van der Waals surface area contributed by atoms with Gasteiger partial charge in [0.15, 0.2) is 5.78 Å². The molecule has 3 aromatic rings. The Hall–Kier alpha value is -2.39. The molecule has 0 saturated carbocycles. The van der Waals surface area contributed by atoms with Crippen LogP contribution in [0, 0.1) is 0 Å². The smallest absolute Gasteiger partial charge is 0.167 e. The van der Waals surface area contributed by atoms with Gasteiger partial charge in [-0.05, 0) is 35.9 Å². The molecule has 4 heteroatoms. The summed E-state index contributed by atoms with van der Waals surface area (Å²) in [5.74, 6) is 0.00764. The van der Waals surface area contributed by atoms with Crippen LogP contribution in [0.4, 0.5) is 5.69 Å². The number of carbonyl (C=O) groups is 1. The number of aromatic nitrogens is 1. The number of rotatable bonds is 3. The van der Waals surface area contributed by atoms with Crippen molar-refractivity contribution < 1.29 is 4.79 Å². The van der Waals surface area contributed by atoms with Crippen molar-refractivity contribution in [3.63, 3.8) is 0 Å². The Labute approximate surface area is 127 Å². The molecule has 0 amide bonds. The van der Waals surface area contributed by atoms with Crippen molar-refractivity contribution in [3.05, 3.63) is 70.9 Å². The van der Waals surface area contributed by atoms with Crippen molar-refractivity contribution in [2.45, 2.75) is 6.42 Å². The van der Waals surface area contributed by atoms with E-state index in [1.54, 1.807) is 24.4 Å². The van der Waals surface area contributed by atoms with E-state index in [0.717, 1.165) is 16.5 Å². The highest BCUT2D eigenvalue weighted by Crippen LogP contribution is 2.22. The van der Waals surface area contributed by atoms with Crippen molar-refractivity contribution in [3.8, 4) is 0 Å². The van der Waals surface area contributed by atoms with Crippen LogP contribution in [-0.4, -0.2) is 10.8 Å². The summed E-state index contributed by atoms with van der Waals surface area (Å²) in [6.45, 7) is 0. The molecule has 0 unspecified atom stereocenters. The van der Waals surface area contributed by atoms with Crippen molar-refractivity contribution in [2.24, 2.45) is 0 Å². The molecule has 2 aromatic carbocycles. The molecule has 21 heavy (non-hydrogen) atoms. The number of benzene rings is 2. The number of ketones is 1. The summed E-state index contributed by atoms with van der Waals surface area (Å²) in [5, 5.41) is 1.40. The van der Waals surface area contributed by atoms with Gasteiger partial charge in [-0.2, -0.15) is 0 Å². The minimum absolute atomic E-state index is 0.00764. The van der Waals surface area contributed by atoms with Gasteiger partial charge in [0, 0.05) is 23.6 Å². The molecule has 0 saturated heterocycles. The summed E-state index contributed by atoms with van der Waals surface area (Å²) in [5.41, 5.74) is 8.55. The van der Waals surface area contributed by atoms with Crippen LogP contribution in [0.2, 0.25) is 5.02 Å². The van der Waals surface area contributed by atoms with Crippen molar-refractivity contribution in [1.82, 2.24) is 4.98 Å². The lowest BCUT2D eigenvalue weighted by molar-refractivity contribution is 0.0993. The number of nitrogens with zero attached hydrogens (tertiary/aromatic N) is 1. The zero-order chi connectivity index (χ0) is 14.8. The van der Waals surface area contributed by atoms with Crippen molar-refractivity contribution >= 4 is 34.0 Å². The highest BCUT2D eigenvalue weighted by atomic mass is 35.5. The van der Waals surface area contributed by atoms with Gasteiger partial charge in [-0.1, -0.05) is 29.8 Å². The van der Waals surface area contributed by atoms with Crippen LogP contribution >= 0.6 is 11.6 Å². The number of Topliss-reactive ketones (excluding diaryl/α,β-unsaturated/α-hetero) is 1. The third-order valence-corrected chi connectivity index (χ3v) is 3.74. The predicted octanol–water partition coefficient (Wildman–Crippen LogP) is 3.90. The Morgan fingerprint density at radius 1 is 1.14 bits per heavy atom. The molecule has 2 N–H and O–H groups in total. The Bertz CT molecular complexity index is 825. The normalized spacial score (nSPS) is 10.7. The number of fused-ring (bicyclic) bond motifs is 1. The number of pyridine rings is 1. The fourth-order valence-corrected chi connectivity index (χ4v) is 2.47. The lowest BCUT2D eigenvalue weighted by Crippen LogP contribution is -2.05. The van der Waals surface area contributed by atoms with Crippen LogP contribution in [0.3, 0.4) is 0 Å². The number of carbonyl (C=O) groups excluding carboxylic acids is 1. The number of hydrogen-bond donors (Lipinski definition) is 1. The van der Waals surface area contributed by atoms with E-state index in [-0.39, 0.29) is 5.78 Å². The molecule has 3 nitrogen and oxygen atoms in total. The van der Waals surface area contributed by atoms with E-state index in [1.807, 2.05) is 30.3 Å². The number of para-hydroxylation sites is 1. The Kier molecular flexibility index (Phi) is 3.59. The van der Waals surface area contributed by atoms with Gasteiger partial charge >= 0.3 is 0 Å². The van der Waals surface area contributed by atoms with Crippen LogP contribution < -0.4 is 5.73 Å². The molecule has 0 aliphatic rings. The predicted molar refractivity (Wildman–Crippen MR) is 85.6 cm³/mol. The minimum Gasteiger partial charge on any atom is -0.398 e. The fourth-order valence-electron chi connectivity index (χ4n) is 2.28. The third kappa shape index (κ3) is 2.73. The van der Waals surface area contributed by atoms with E-state index in [0.29, 0.717) is 22.7 Å². The SMILES string of the molecule is Nc1ccc(C(=O)Cc2ccnc3ccccc23)cc1Cl. The lowest BCUT2D eigenvalue weighted by atomic mass is 10.00. The van der Waals surface area contributed by atoms with Gasteiger partial charge in [-0.25, -0.2) is 0 Å². The molecule has 1 aromatic heterocycles. The first-order valence-electron chi connectivity index (χ1n) is 6.56. The molecule has 104 valence electrons. The monoisotopic (exact) mass is 296 g/mol. The Balaban J connectivity index is 1.94. The summed E-state index contributed by atoms with van der Waals surface area (Å²) < 4.78 is 0. The quantitative estimate of drug-likeness (QED) is 0.589. The van der Waals surface area contributed by atoms with Gasteiger partial charge in [0.05, 0.1) is 16.2 Å². The molecule has 1 heterocycles. The Morgan fingerprint density at radius 3 is 2.76 bits per heavy atom. The topological polar surface area (TPSA) is 56.0 Å². The average Bonchev–Trinajstić information content (AvgIpc) is 2.50. The maximum absolute atomic E-state index is 12.4. The van der Waals surface area contributed by atoms with Crippen LogP contribution in [0.15, 0.2) is 54.7 Å². The Morgan fingerprint density at radius 2 is 1.95 bits per heavy atom. The summed E-state index contributed by atoms with van der Waals surface area (Å²) >= 11 is 5.97. The molecular formula is C17H13ClN2O. The lowest BCUT2D eigenvalue weighted by Gasteiger charge is -2.06. The number of nitrogens with two attached hydrogens (primary N) is 1. The maximum Gasteiger partial charge on any atom is 0.167 e. The molecule has 0 aliphatic carbocycles. The first-order valence-corrected chi connectivity index (χ1v) is 6.94. The first-order chi connectivity index (χ1) is 10.1. The molecule has 0 aliphatic heterocycles. The highest BCUT2D eigenvalue weighted by molar-refractivity contribution is 6.33. The number of anilines is 1. The maximum atomic E-state index is 12.4. The molecule has 0 spiro atoms. The van der Waals surface area contributed by atoms with Crippen molar-refractivity contribution in [1.29, 1.82) is 0 Å². The summed E-state index contributed by atoms with van der Waals surface area (Å²) in [6.07, 6.45) is 2.03. The van der Waals surface area contributed by atoms with E-state index >= 15 is 0 Å². The largest absolute Gasteiger partial charge is 0.398 e. The van der Waals surface area contributed by atoms with E-state index < -0.39 is 0 Å². The number of hydrogen-bond acceptors (Lipinski definition) is 3. The van der Waals surface area contributed by atoms with Gasteiger partial charge in [-0.3, -0.25) is 9.78 Å². The molecule has 0 fully saturated rings. The second-order valence-electron chi connectivity index (χ2n) is 4.82. The molecule has 0 radical (unpaired) electrons. The first kappa shape index (κ1) is 13.6. The average molecular weight is 297 g/mol. The zero-order valence-corrected chi connectivity index (χ0v) is 12.0. The van der Waals surface area contributed by atoms with Gasteiger partial charge in [0.25, 0.3) is 0 Å². The zero-order valence-electron chi connectivity index (χ0n) is 11.2. The van der Waals surface area contributed by atoms with Gasteiger partial charge < -0.3 is 5.73 Å². The van der Waals surface area contributed by atoms with Gasteiger partial charge in [-0.15, -0.1) is 0 Å². The third-order valence-electron chi connectivity index (χ3n) is 3.41. The van der Waals surface area contributed by atoms with Crippen LogP contribution in [0.1, 0.15) is 15.9 Å². The van der Waals surface area contributed by atoms with E-state index in [2.05, 4.69) is 4.98 Å². The van der Waals surface area contributed by atoms with E-state index in [4.69, 9.17) is 17.3 Å².